The molecule has 4 aliphatic rings. The van der Waals surface area contributed by atoms with Crippen LogP contribution in [0.1, 0.15) is 98.3 Å². The van der Waals surface area contributed by atoms with Crippen LogP contribution < -0.4 is 16.2 Å². The van der Waals surface area contributed by atoms with E-state index in [4.69, 9.17) is 16.2 Å². The van der Waals surface area contributed by atoms with Crippen molar-refractivity contribution in [3.05, 3.63) is 29.8 Å². The van der Waals surface area contributed by atoms with Crippen LogP contribution in [0.15, 0.2) is 29.8 Å². The SMILES string of the molecule is CC(C)=CCCC(C)C1CCC2C3CCC4CC(Oc5ccc(N)cc5N)CCC4(C3)C(I)CC12C. The van der Waals surface area contributed by atoms with Gasteiger partial charge >= 0.3 is 0 Å². The maximum Gasteiger partial charge on any atom is 0.142 e. The zero-order chi connectivity index (χ0) is 25.7. The molecule has 4 fully saturated rings. The van der Waals surface area contributed by atoms with Crippen molar-refractivity contribution in [3.63, 3.8) is 0 Å². The highest BCUT2D eigenvalue weighted by Gasteiger charge is 2.61. The lowest BCUT2D eigenvalue weighted by Gasteiger charge is -2.53. The highest BCUT2D eigenvalue weighted by atomic mass is 127. The van der Waals surface area contributed by atoms with Gasteiger partial charge in [0.2, 0.25) is 0 Å². The van der Waals surface area contributed by atoms with Crippen LogP contribution in [0.3, 0.4) is 0 Å². The van der Waals surface area contributed by atoms with Crippen molar-refractivity contribution in [1.82, 2.24) is 0 Å². The van der Waals surface area contributed by atoms with Gasteiger partial charge in [-0.1, -0.05) is 48.1 Å². The van der Waals surface area contributed by atoms with Crippen LogP contribution in [0.5, 0.6) is 5.75 Å². The molecule has 4 N–H and O–H groups in total. The maximum atomic E-state index is 6.50. The first-order valence-electron chi connectivity index (χ1n) is 14.7. The zero-order valence-corrected chi connectivity index (χ0v) is 25.2. The topological polar surface area (TPSA) is 61.3 Å². The summed E-state index contributed by atoms with van der Waals surface area (Å²) in [5.41, 5.74) is 16.0. The predicted octanol–water partition coefficient (Wildman–Crippen LogP) is 8.81. The molecule has 0 aliphatic heterocycles. The molecular formula is C32H49IN2O. The average Bonchev–Trinajstić information content (AvgIpc) is 3.13. The Kier molecular flexibility index (Phi) is 7.66. The lowest BCUT2D eigenvalue weighted by Crippen LogP contribution is -2.48. The Bertz CT molecular complexity index is 973. The predicted molar refractivity (Wildman–Crippen MR) is 161 cm³/mol. The second-order valence-corrected chi connectivity index (χ2v) is 15.1. The number of allylic oxidation sites excluding steroid dienone is 2. The third-order valence-corrected chi connectivity index (χ3v) is 13.0. The number of hydrogen-bond acceptors (Lipinski definition) is 3. The van der Waals surface area contributed by atoms with Crippen molar-refractivity contribution in [1.29, 1.82) is 0 Å². The number of nitrogen functional groups attached to an aromatic ring is 2. The first-order chi connectivity index (χ1) is 17.1. The van der Waals surface area contributed by atoms with Gasteiger partial charge in [0.1, 0.15) is 5.75 Å². The Morgan fingerprint density at radius 3 is 2.69 bits per heavy atom. The van der Waals surface area contributed by atoms with Crippen LogP contribution in [0.2, 0.25) is 0 Å². The molecule has 9 unspecified atom stereocenters. The number of fused-ring (bicyclic) bond motifs is 3. The summed E-state index contributed by atoms with van der Waals surface area (Å²) in [5.74, 6) is 5.21. The van der Waals surface area contributed by atoms with E-state index in [-0.39, 0.29) is 6.10 Å². The number of benzene rings is 1. The van der Waals surface area contributed by atoms with E-state index >= 15 is 0 Å². The van der Waals surface area contributed by atoms with E-state index < -0.39 is 0 Å². The summed E-state index contributed by atoms with van der Waals surface area (Å²) < 4.78 is 7.28. The molecule has 4 heteroatoms. The summed E-state index contributed by atoms with van der Waals surface area (Å²) in [6, 6.07) is 5.69. The molecule has 9 atom stereocenters. The van der Waals surface area contributed by atoms with Crippen molar-refractivity contribution in [2.45, 2.75) is 108 Å². The van der Waals surface area contributed by atoms with E-state index in [9.17, 15) is 0 Å². The zero-order valence-electron chi connectivity index (χ0n) is 23.1. The fraction of sp³-hybridized carbons (Fsp3) is 0.750. The Morgan fingerprint density at radius 2 is 1.94 bits per heavy atom. The summed E-state index contributed by atoms with van der Waals surface area (Å²) in [5, 5.41) is 0. The number of nitrogens with two attached hydrogens (primary N) is 2. The van der Waals surface area contributed by atoms with Gasteiger partial charge in [-0.3, -0.25) is 0 Å². The fourth-order valence-electron chi connectivity index (χ4n) is 9.56. The van der Waals surface area contributed by atoms with Crippen LogP contribution in [-0.4, -0.2) is 10.0 Å². The number of halogens is 1. The molecule has 36 heavy (non-hydrogen) atoms. The molecule has 0 aromatic heterocycles. The van der Waals surface area contributed by atoms with E-state index in [1.165, 1.54) is 69.8 Å². The Morgan fingerprint density at radius 1 is 1.14 bits per heavy atom. The Hall–Kier alpha value is -0.910. The molecule has 2 bridgehead atoms. The van der Waals surface area contributed by atoms with Gasteiger partial charge in [0.15, 0.2) is 0 Å². The molecule has 0 heterocycles. The lowest BCUT2D eigenvalue weighted by molar-refractivity contribution is -0.0278. The maximum absolute atomic E-state index is 6.50. The minimum Gasteiger partial charge on any atom is -0.488 e. The molecule has 1 spiro atoms. The summed E-state index contributed by atoms with van der Waals surface area (Å²) in [7, 11) is 0. The standard InChI is InChI=1S/C32H49IN2O/c1-20(2)6-5-7-21(3)26-11-12-27-22-8-9-23-16-25(36-29-13-10-24(34)17-28(29)35)14-15-32(23,18-22)30(33)19-31(26,27)4/h6,10,13,17,21-23,25-27,30H,5,7-9,11-12,14-16,18-19,34-35H2,1-4H3. The largest absolute Gasteiger partial charge is 0.488 e. The van der Waals surface area contributed by atoms with Gasteiger partial charge in [0.05, 0.1) is 11.8 Å². The van der Waals surface area contributed by atoms with Crippen molar-refractivity contribution < 1.29 is 4.74 Å². The molecule has 1 aromatic rings. The summed E-state index contributed by atoms with van der Waals surface area (Å²) in [4.78, 5) is 0. The van der Waals surface area contributed by atoms with Gasteiger partial charge in [-0.2, -0.15) is 0 Å². The second-order valence-electron chi connectivity index (χ2n) is 13.6. The number of hydrogen-bond donors (Lipinski definition) is 2. The smallest absolute Gasteiger partial charge is 0.142 e. The quantitative estimate of drug-likeness (QED) is 0.148. The number of anilines is 2. The normalized spacial score (nSPS) is 40.5. The van der Waals surface area contributed by atoms with Gasteiger partial charge in [-0.15, -0.1) is 0 Å². The van der Waals surface area contributed by atoms with Gasteiger partial charge < -0.3 is 16.2 Å². The molecular weight excluding hydrogens is 555 g/mol. The van der Waals surface area contributed by atoms with E-state index in [2.05, 4.69) is 56.4 Å². The molecule has 4 saturated carbocycles. The molecule has 1 aromatic carbocycles. The molecule has 0 amide bonds. The van der Waals surface area contributed by atoms with Crippen molar-refractivity contribution >= 4 is 34.0 Å². The second kappa shape index (κ2) is 10.3. The molecule has 0 saturated heterocycles. The Labute approximate surface area is 233 Å². The van der Waals surface area contributed by atoms with E-state index in [1.54, 1.807) is 0 Å². The van der Waals surface area contributed by atoms with Crippen molar-refractivity contribution in [2.24, 2.45) is 40.4 Å². The van der Waals surface area contributed by atoms with Gasteiger partial charge in [-0.25, -0.2) is 0 Å². The first-order valence-corrected chi connectivity index (χ1v) is 16.0. The molecule has 4 aliphatic carbocycles. The third-order valence-electron chi connectivity index (χ3n) is 11.3. The monoisotopic (exact) mass is 604 g/mol. The molecule has 5 rings (SSSR count). The lowest BCUT2D eigenvalue weighted by atomic mass is 9.55. The first kappa shape index (κ1) is 26.7. The van der Waals surface area contributed by atoms with Crippen LogP contribution in [0.25, 0.3) is 0 Å². The third kappa shape index (κ3) is 4.82. The van der Waals surface area contributed by atoms with Crippen LogP contribution >= 0.6 is 22.6 Å². The summed E-state index contributed by atoms with van der Waals surface area (Å²) in [6.07, 6.45) is 17.7. The fourth-order valence-corrected chi connectivity index (χ4v) is 11.6. The number of alkyl halides is 1. The highest BCUT2D eigenvalue weighted by molar-refractivity contribution is 14.1. The van der Waals surface area contributed by atoms with Gasteiger partial charge in [-0.05, 0) is 143 Å². The van der Waals surface area contributed by atoms with E-state index in [1.807, 2.05) is 18.2 Å². The van der Waals surface area contributed by atoms with Crippen LogP contribution in [-0.2, 0) is 0 Å². The average molecular weight is 605 g/mol. The van der Waals surface area contributed by atoms with E-state index in [0.717, 1.165) is 45.7 Å². The Balaban J connectivity index is 1.31. The molecule has 3 nitrogen and oxygen atoms in total. The summed E-state index contributed by atoms with van der Waals surface area (Å²) >= 11 is 2.93. The van der Waals surface area contributed by atoms with Crippen LogP contribution in [0, 0.1) is 40.4 Å². The van der Waals surface area contributed by atoms with Gasteiger partial charge in [0, 0.05) is 9.61 Å². The molecule has 200 valence electrons. The van der Waals surface area contributed by atoms with Crippen LogP contribution in [0.4, 0.5) is 11.4 Å². The highest BCUT2D eigenvalue weighted by Crippen LogP contribution is 2.68. The molecule has 0 radical (unpaired) electrons. The summed E-state index contributed by atoms with van der Waals surface area (Å²) in [6.45, 7) is 9.78. The van der Waals surface area contributed by atoms with E-state index in [0.29, 0.717) is 22.2 Å². The number of ether oxygens (including phenoxy) is 1. The number of rotatable bonds is 6. The minimum absolute atomic E-state index is 0.285. The van der Waals surface area contributed by atoms with Crippen molar-refractivity contribution in [2.75, 3.05) is 11.5 Å². The van der Waals surface area contributed by atoms with Crippen molar-refractivity contribution in [3.8, 4) is 5.75 Å². The minimum atomic E-state index is 0.285. The van der Waals surface area contributed by atoms with Gasteiger partial charge in [0.25, 0.3) is 0 Å².